The SMILES string of the molecule is CN(CC1(O)CCCC1)C(=O)c1cc([N+](=O)[O-])c[nH]c1=O. The highest BCUT2D eigenvalue weighted by Gasteiger charge is 2.34. The van der Waals surface area contributed by atoms with Gasteiger partial charge in [0.15, 0.2) is 0 Å². The number of hydrogen-bond donors (Lipinski definition) is 2. The first-order chi connectivity index (χ1) is 9.82. The van der Waals surface area contributed by atoms with Crippen LogP contribution in [-0.4, -0.2) is 45.0 Å². The Kier molecular flexibility index (Phi) is 4.08. The highest BCUT2D eigenvalue weighted by molar-refractivity contribution is 5.94. The second-order valence-electron chi connectivity index (χ2n) is 5.45. The molecule has 0 spiro atoms. The number of likely N-dealkylation sites (N-methyl/N-ethyl adjacent to an activating group) is 1. The van der Waals surface area contributed by atoms with Gasteiger partial charge in [-0.1, -0.05) is 12.8 Å². The van der Waals surface area contributed by atoms with Crippen LogP contribution in [0.5, 0.6) is 0 Å². The van der Waals surface area contributed by atoms with Crippen LogP contribution in [0.1, 0.15) is 36.0 Å². The molecule has 1 aromatic rings. The van der Waals surface area contributed by atoms with Gasteiger partial charge in [-0.25, -0.2) is 0 Å². The number of amides is 1. The highest BCUT2D eigenvalue weighted by Crippen LogP contribution is 2.30. The Morgan fingerprint density at radius 1 is 1.52 bits per heavy atom. The summed E-state index contributed by atoms with van der Waals surface area (Å²) >= 11 is 0. The van der Waals surface area contributed by atoms with Crippen LogP contribution in [0, 0.1) is 10.1 Å². The van der Waals surface area contributed by atoms with Crippen LogP contribution >= 0.6 is 0 Å². The van der Waals surface area contributed by atoms with Crippen LogP contribution in [0.4, 0.5) is 5.69 Å². The maximum absolute atomic E-state index is 12.2. The Labute approximate surface area is 120 Å². The summed E-state index contributed by atoms with van der Waals surface area (Å²) in [6.07, 6.45) is 3.96. The first-order valence-electron chi connectivity index (χ1n) is 6.67. The number of aliphatic hydroxyl groups is 1. The topological polar surface area (TPSA) is 117 Å². The fourth-order valence-electron chi connectivity index (χ4n) is 2.65. The first-order valence-corrected chi connectivity index (χ1v) is 6.67. The van der Waals surface area contributed by atoms with Crippen LogP contribution in [0.3, 0.4) is 0 Å². The lowest BCUT2D eigenvalue weighted by molar-refractivity contribution is -0.385. The molecule has 0 aliphatic heterocycles. The molecule has 8 nitrogen and oxygen atoms in total. The normalized spacial score (nSPS) is 16.7. The van der Waals surface area contributed by atoms with Crippen molar-refractivity contribution in [2.75, 3.05) is 13.6 Å². The Hall–Kier alpha value is -2.22. The van der Waals surface area contributed by atoms with Crippen molar-refractivity contribution in [2.45, 2.75) is 31.3 Å². The molecule has 1 fully saturated rings. The monoisotopic (exact) mass is 295 g/mol. The minimum absolute atomic E-state index is 0.105. The molecule has 1 amide bonds. The van der Waals surface area contributed by atoms with E-state index in [9.17, 15) is 24.8 Å². The standard InChI is InChI=1S/C13H17N3O5/c1-15(8-13(19)4-2-3-5-13)12(18)10-6-9(16(20)21)7-14-11(10)17/h6-7,19H,2-5,8H2,1H3,(H,14,17). The largest absolute Gasteiger partial charge is 0.388 e. The molecular weight excluding hydrogens is 278 g/mol. The summed E-state index contributed by atoms with van der Waals surface area (Å²) in [5.41, 5.74) is -2.27. The van der Waals surface area contributed by atoms with Crippen molar-refractivity contribution < 1.29 is 14.8 Å². The maximum atomic E-state index is 12.2. The van der Waals surface area contributed by atoms with Gasteiger partial charge in [0.2, 0.25) is 0 Å². The van der Waals surface area contributed by atoms with Crippen LogP contribution in [0.25, 0.3) is 0 Å². The van der Waals surface area contributed by atoms with Gasteiger partial charge in [-0.05, 0) is 12.8 Å². The van der Waals surface area contributed by atoms with E-state index in [1.165, 1.54) is 11.9 Å². The predicted octanol–water partition coefficient (Wildman–Crippen LogP) is 0.660. The molecule has 1 aliphatic carbocycles. The number of nitrogens with one attached hydrogen (secondary N) is 1. The second-order valence-corrected chi connectivity index (χ2v) is 5.45. The fourth-order valence-corrected chi connectivity index (χ4v) is 2.65. The van der Waals surface area contributed by atoms with Gasteiger partial charge in [-0.3, -0.25) is 19.7 Å². The van der Waals surface area contributed by atoms with Crippen molar-refractivity contribution in [1.29, 1.82) is 0 Å². The number of hydrogen-bond acceptors (Lipinski definition) is 5. The van der Waals surface area contributed by atoms with Gasteiger partial charge < -0.3 is 15.0 Å². The van der Waals surface area contributed by atoms with Gasteiger partial charge in [-0.15, -0.1) is 0 Å². The average Bonchev–Trinajstić information content (AvgIpc) is 2.84. The van der Waals surface area contributed by atoms with E-state index in [1.54, 1.807) is 0 Å². The molecule has 114 valence electrons. The number of carbonyl (C=O) groups is 1. The van der Waals surface area contributed by atoms with Crippen molar-refractivity contribution >= 4 is 11.6 Å². The van der Waals surface area contributed by atoms with Gasteiger partial charge in [0, 0.05) is 19.7 Å². The van der Waals surface area contributed by atoms with Gasteiger partial charge >= 0.3 is 0 Å². The summed E-state index contributed by atoms with van der Waals surface area (Å²) in [7, 11) is 1.47. The molecule has 2 rings (SSSR count). The third-order valence-electron chi connectivity index (χ3n) is 3.74. The lowest BCUT2D eigenvalue weighted by Gasteiger charge is -2.28. The lowest BCUT2D eigenvalue weighted by Crippen LogP contribution is -2.43. The molecule has 0 radical (unpaired) electrons. The molecule has 0 bridgehead atoms. The Balaban J connectivity index is 2.21. The van der Waals surface area contributed by atoms with E-state index in [0.717, 1.165) is 25.1 Å². The van der Waals surface area contributed by atoms with Crippen molar-refractivity contribution in [3.8, 4) is 0 Å². The van der Waals surface area contributed by atoms with Crippen LogP contribution in [-0.2, 0) is 0 Å². The Bertz CT molecular complexity index is 618. The lowest BCUT2D eigenvalue weighted by atomic mass is 10.0. The average molecular weight is 295 g/mol. The van der Waals surface area contributed by atoms with Crippen LogP contribution in [0.2, 0.25) is 0 Å². The van der Waals surface area contributed by atoms with Crippen molar-refractivity contribution in [3.05, 3.63) is 38.3 Å². The van der Waals surface area contributed by atoms with E-state index >= 15 is 0 Å². The van der Waals surface area contributed by atoms with Crippen molar-refractivity contribution in [3.63, 3.8) is 0 Å². The van der Waals surface area contributed by atoms with Gasteiger partial charge in [0.1, 0.15) is 5.56 Å². The molecule has 0 aromatic carbocycles. The van der Waals surface area contributed by atoms with E-state index in [2.05, 4.69) is 4.98 Å². The molecule has 1 aromatic heterocycles. The predicted molar refractivity (Wildman–Crippen MR) is 74.1 cm³/mol. The first kappa shape index (κ1) is 15.2. The fraction of sp³-hybridized carbons (Fsp3) is 0.538. The van der Waals surface area contributed by atoms with Gasteiger partial charge in [-0.2, -0.15) is 0 Å². The second kappa shape index (κ2) is 5.65. The summed E-state index contributed by atoms with van der Waals surface area (Å²) < 4.78 is 0. The molecule has 2 N–H and O–H groups in total. The number of rotatable bonds is 4. The minimum atomic E-state index is -0.933. The minimum Gasteiger partial charge on any atom is -0.388 e. The number of H-pyrrole nitrogens is 1. The van der Waals surface area contributed by atoms with E-state index in [1.807, 2.05) is 0 Å². The zero-order valence-electron chi connectivity index (χ0n) is 11.7. The molecule has 21 heavy (non-hydrogen) atoms. The van der Waals surface area contributed by atoms with E-state index in [0.29, 0.717) is 12.8 Å². The van der Waals surface area contributed by atoms with Gasteiger partial charge in [0.25, 0.3) is 17.2 Å². The number of aromatic amines is 1. The molecule has 0 unspecified atom stereocenters. The zero-order valence-corrected chi connectivity index (χ0v) is 11.7. The smallest absolute Gasteiger partial charge is 0.286 e. The zero-order chi connectivity index (χ0) is 15.6. The van der Waals surface area contributed by atoms with E-state index in [-0.39, 0.29) is 17.8 Å². The quantitative estimate of drug-likeness (QED) is 0.625. The van der Waals surface area contributed by atoms with E-state index in [4.69, 9.17) is 0 Å². The number of aromatic nitrogens is 1. The number of carbonyl (C=O) groups excluding carboxylic acids is 1. The molecule has 0 atom stereocenters. The Morgan fingerprint density at radius 2 is 2.14 bits per heavy atom. The molecule has 1 heterocycles. The van der Waals surface area contributed by atoms with Crippen molar-refractivity contribution in [1.82, 2.24) is 9.88 Å². The summed E-state index contributed by atoms with van der Waals surface area (Å²) in [6.45, 7) is 0.105. The Morgan fingerprint density at radius 3 is 2.71 bits per heavy atom. The summed E-state index contributed by atoms with van der Waals surface area (Å²) in [4.78, 5) is 37.4. The van der Waals surface area contributed by atoms with E-state index < -0.39 is 22.0 Å². The third-order valence-corrected chi connectivity index (χ3v) is 3.74. The molecule has 1 aliphatic rings. The number of nitro groups is 1. The van der Waals surface area contributed by atoms with Crippen molar-refractivity contribution in [2.24, 2.45) is 0 Å². The third kappa shape index (κ3) is 3.27. The van der Waals surface area contributed by atoms with Gasteiger partial charge in [0.05, 0.1) is 16.7 Å². The summed E-state index contributed by atoms with van der Waals surface area (Å²) in [6, 6.07) is 0.955. The summed E-state index contributed by atoms with van der Waals surface area (Å²) in [5, 5.41) is 21.0. The molecule has 1 saturated carbocycles. The molecular formula is C13H17N3O5. The highest BCUT2D eigenvalue weighted by atomic mass is 16.6. The number of pyridine rings is 1. The summed E-state index contributed by atoms with van der Waals surface area (Å²) in [5.74, 6) is -0.639. The van der Waals surface area contributed by atoms with Crippen LogP contribution < -0.4 is 5.56 Å². The number of nitrogens with zero attached hydrogens (tertiary/aromatic N) is 2. The molecule has 8 heteroatoms. The maximum Gasteiger partial charge on any atom is 0.286 e. The van der Waals surface area contributed by atoms with Crippen LogP contribution in [0.15, 0.2) is 17.1 Å². The molecule has 0 saturated heterocycles.